The molecule has 1 aromatic heterocycles. The van der Waals surface area contributed by atoms with Crippen LogP contribution in [0.25, 0.3) is 11.0 Å². The Morgan fingerprint density at radius 3 is 2.43 bits per heavy atom. The molecule has 1 atom stereocenters. The number of sulfone groups is 1. The van der Waals surface area contributed by atoms with Crippen LogP contribution in [0.5, 0.6) is 0 Å². The van der Waals surface area contributed by atoms with Crippen LogP contribution in [0.1, 0.15) is 43.9 Å². The summed E-state index contributed by atoms with van der Waals surface area (Å²) >= 11 is 0. The van der Waals surface area contributed by atoms with Gasteiger partial charge in [0.2, 0.25) is 11.9 Å². The third-order valence-electron chi connectivity index (χ3n) is 6.34. The number of halogens is 3. The molecule has 1 unspecified atom stereocenters. The minimum atomic E-state index is -4.56. The number of aromatic amines is 1. The topological polar surface area (TPSA) is 95.2 Å². The molecule has 0 saturated carbocycles. The van der Waals surface area contributed by atoms with Crippen molar-refractivity contribution in [2.24, 2.45) is 0 Å². The molecule has 0 spiro atoms. The molecule has 1 fully saturated rings. The fraction of sp³-hybridized carbons (Fsp3) is 0.417. The predicted octanol–water partition coefficient (Wildman–Crippen LogP) is 4.55. The number of nitrogens with zero attached hydrogens (tertiary/aromatic N) is 2. The zero-order valence-corrected chi connectivity index (χ0v) is 20.2. The lowest BCUT2D eigenvalue weighted by molar-refractivity contribution is -0.138. The number of anilines is 1. The number of carbonyl (C=O) groups excluding carboxylic acids is 1. The Labute approximate surface area is 201 Å². The van der Waals surface area contributed by atoms with Gasteiger partial charge in [0.15, 0.2) is 9.84 Å². The first-order chi connectivity index (χ1) is 16.5. The maximum atomic E-state index is 13.6. The smallest absolute Gasteiger partial charge is 0.341 e. The lowest BCUT2D eigenvalue weighted by Crippen LogP contribution is -2.46. The van der Waals surface area contributed by atoms with Crippen LogP contribution in [0.15, 0.2) is 48.5 Å². The van der Waals surface area contributed by atoms with E-state index in [-0.39, 0.29) is 37.4 Å². The van der Waals surface area contributed by atoms with E-state index in [0.717, 1.165) is 12.1 Å². The second kappa shape index (κ2) is 9.52. The van der Waals surface area contributed by atoms with Crippen molar-refractivity contribution in [3.8, 4) is 0 Å². The number of alkyl halides is 3. The maximum absolute atomic E-state index is 13.6. The van der Waals surface area contributed by atoms with E-state index in [0.29, 0.717) is 11.0 Å². The molecule has 0 radical (unpaired) electrons. The van der Waals surface area contributed by atoms with Crippen LogP contribution in [0, 0.1) is 0 Å². The molecule has 1 amide bonds. The molecule has 4 rings (SSSR count). The number of benzene rings is 2. The Morgan fingerprint density at radius 1 is 1.11 bits per heavy atom. The van der Waals surface area contributed by atoms with Gasteiger partial charge in [-0.1, -0.05) is 24.3 Å². The van der Waals surface area contributed by atoms with Gasteiger partial charge >= 0.3 is 6.18 Å². The van der Waals surface area contributed by atoms with Crippen LogP contribution < -0.4 is 5.32 Å². The summed E-state index contributed by atoms with van der Waals surface area (Å²) in [6, 6.07) is 10.7. The van der Waals surface area contributed by atoms with Crippen LogP contribution in [0.2, 0.25) is 0 Å². The highest BCUT2D eigenvalue weighted by molar-refractivity contribution is 7.92. The highest BCUT2D eigenvalue weighted by Gasteiger charge is 2.37. The van der Waals surface area contributed by atoms with Gasteiger partial charge in [-0.15, -0.1) is 0 Å². The standard InChI is InChI=1S/C24H27F3N4O3S/c1-15(2)35(33,34)18-10-12-31(13-11-18)22(32)21(16-6-5-7-17(14-16)24(25,26)27)30-23-28-19-8-3-4-9-20(19)29-23/h3-9,14-15,18,21H,10-13H2,1-2H3,(H2,28,29,30). The number of amides is 1. The normalized spacial score (nSPS) is 16.6. The van der Waals surface area contributed by atoms with E-state index < -0.39 is 44.0 Å². The number of para-hydroxylation sites is 2. The van der Waals surface area contributed by atoms with E-state index in [2.05, 4.69) is 15.3 Å². The van der Waals surface area contributed by atoms with Crippen molar-refractivity contribution in [3.05, 3.63) is 59.7 Å². The van der Waals surface area contributed by atoms with Crippen LogP contribution in [-0.4, -0.2) is 52.8 Å². The second-order valence-corrected chi connectivity index (χ2v) is 11.8. The Morgan fingerprint density at radius 2 is 1.80 bits per heavy atom. The average molecular weight is 509 g/mol. The summed E-state index contributed by atoms with van der Waals surface area (Å²) in [5.41, 5.74) is 0.637. The first-order valence-electron chi connectivity index (χ1n) is 11.4. The van der Waals surface area contributed by atoms with Crippen molar-refractivity contribution in [2.75, 3.05) is 18.4 Å². The molecular weight excluding hydrogens is 481 g/mol. The number of carbonyl (C=O) groups is 1. The molecule has 2 aromatic carbocycles. The lowest BCUT2D eigenvalue weighted by atomic mass is 10.0. The van der Waals surface area contributed by atoms with Crippen LogP contribution >= 0.6 is 0 Å². The molecule has 1 saturated heterocycles. The van der Waals surface area contributed by atoms with Gasteiger partial charge in [-0.05, 0) is 56.5 Å². The molecular formula is C24H27F3N4O3S. The van der Waals surface area contributed by atoms with E-state index >= 15 is 0 Å². The highest BCUT2D eigenvalue weighted by Crippen LogP contribution is 2.33. The van der Waals surface area contributed by atoms with Crippen LogP contribution in [-0.2, 0) is 20.8 Å². The second-order valence-electron chi connectivity index (χ2n) is 8.97. The molecule has 2 heterocycles. The number of fused-ring (bicyclic) bond motifs is 1. The lowest BCUT2D eigenvalue weighted by Gasteiger charge is -2.35. The van der Waals surface area contributed by atoms with Gasteiger partial charge in [-0.3, -0.25) is 4.79 Å². The summed E-state index contributed by atoms with van der Waals surface area (Å²) < 4.78 is 65.2. The quantitative estimate of drug-likeness (QED) is 0.510. The van der Waals surface area contributed by atoms with Gasteiger partial charge in [0.1, 0.15) is 6.04 Å². The summed E-state index contributed by atoms with van der Waals surface area (Å²) in [7, 11) is -3.30. The summed E-state index contributed by atoms with van der Waals surface area (Å²) in [5.74, 6) is -0.190. The van der Waals surface area contributed by atoms with Crippen LogP contribution in [0.4, 0.5) is 19.1 Å². The number of H-pyrrole nitrogens is 1. The van der Waals surface area contributed by atoms with Crippen molar-refractivity contribution in [2.45, 2.75) is 49.4 Å². The summed E-state index contributed by atoms with van der Waals surface area (Å²) in [6.07, 6.45) is -4.00. The molecule has 35 heavy (non-hydrogen) atoms. The molecule has 3 aromatic rings. The molecule has 188 valence electrons. The van der Waals surface area contributed by atoms with E-state index in [1.54, 1.807) is 32.0 Å². The Bertz CT molecular complexity index is 1280. The Kier molecular flexibility index (Phi) is 6.81. The maximum Gasteiger partial charge on any atom is 0.416 e. The van der Waals surface area contributed by atoms with E-state index in [4.69, 9.17) is 0 Å². The van der Waals surface area contributed by atoms with Gasteiger partial charge in [0, 0.05) is 13.1 Å². The summed E-state index contributed by atoms with van der Waals surface area (Å²) in [4.78, 5) is 22.5. The van der Waals surface area contributed by atoms with Crippen LogP contribution in [0.3, 0.4) is 0 Å². The van der Waals surface area contributed by atoms with Crippen molar-refractivity contribution >= 4 is 32.7 Å². The Hall–Kier alpha value is -3.08. The number of hydrogen-bond acceptors (Lipinski definition) is 5. The van der Waals surface area contributed by atoms with E-state index in [9.17, 15) is 26.4 Å². The van der Waals surface area contributed by atoms with Gasteiger partial charge in [0.05, 0.1) is 27.1 Å². The average Bonchev–Trinajstić information content (AvgIpc) is 3.24. The van der Waals surface area contributed by atoms with Gasteiger partial charge in [-0.2, -0.15) is 13.2 Å². The number of aromatic nitrogens is 2. The zero-order valence-electron chi connectivity index (χ0n) is 19.3. The molecule has 1 aliphatic heterocycles. The highest BCUT2D eigenvalue weighted by atomic mass is 32.2. The minimum absolute atomic E-state index is 0.141. The van der Waals surface area contributed by atoms with Crippen molar-refractivity contribution in [3.63, 3.8) is 0 Å². The number of nitrogens with one attached hydrogen (secondary N) is 2. The third-order valence-corrected chi connectivity index (χ3v) is 9.05. The number of hydrogen-bond donors (Lipinski definition) is 2. The molecule has 1 aliphatic rings. The minimum Gasteiger partial charge on any atom is -0.341 e. The number of likely N-dealkylation sites (tertiary alicyclic amines) is 1. The SMILES string of the molecule is CC(C)S(=O)(=O)C1CCN(C(=O)C(Nc2nc3ccccc3[nH]2)c2cccc(C(F)(F)F)c2)CC1. The summed E-state index contributed by atoms with van der Waals surface area (Å²) in [5, 5.41) is 1.93. The predicted molar refractivity (Wildman–Crippen MR) is 128 cm³/mol. The number of imidazole rings is 1. The third kappa shape index (κ3) is 5.29. The molecule has 0 bridgehead atoms. The number of rotatable bonds is 6. The molecule has 0 aliphatic carbocycles. The first-order valence-corrected chi connectivity index (χ1v) is 13.0. The van der Waals surface area contributed by atoms with Crippen molar-refractivity contribution in [1.82, 2.24) is 14.9 Å². The molecule has 7 nitrogen and oxygen atoms in total. The van der Waals surface area contributed by atoms with Crippen molar-refractivity contribution < 1.29 is 26.4 Å². The van der Waals surface area contributed by atoms with Gasteiger partial charge < -0.3 is 15.2 Å². The Balaban J connectivity index is 1.62. The van der Waals surface area contributed by atoms with Crippen molar-refractivity contribution in [1.29, 1.82) is 0 Å². The monoisotopic (exact) mass is 508 g/mol. The molecule has 2 N–H and O–H groups in total. The fourth-order valence-corrected chi connectivity index (χ4v) is 5.95. The van der Waals surface area contributed by atoms with Gasteiger partial charge in [0.25, 0.3) is 0 Å². The zero-order chi connectivity index (χ0) is 25.4. The fourth-order valence-electron chi connectivity index (χ4n) is 4.31. The van der Waals surface area contributed by atoms with E-state index in [1.807, 2.05) is 6.07 Å². The van der Waals surface area contributed by atoms with Gasteiger partial charge in [-0.25, -0.2) is 13.4 Å². The first kappa shape index (κ1) is 25.0. The van der Waals surface area contributed by atoms with E-state index in [1.165, 1.54) is 17.0 Å². The molecule has 11 heteroatoms. The number of piperidine rings is 1. The largest absolute Gasteiger partial charge is 0.416 e. The summed E-state index contributed by atoms with van der Waals surface area (Å²) in [6.45, 7) is 3.67.